The molecule has 2 aromatic rings. The van der Waals surface area contributed by atoms with E-state index in [2.05, 4.69) is 15.5 Å². The molecule has 0 aliphatic carbocycles. The number of hydrogen-bond donors (Lipinski definition) is 2. The van der Waals surface area contributed by atoms with Crippen molar-refractivity contribution in [2.24, 2.45) is 7.05 Å². The lowest BCUT2D eigenvalue weighted by molar-refractivity contribution is -0.116. The molecule has 0 spiro atoms. The van der Waals surface area contributed by atoms with Gasteiger partial charge in [-0.2, -0.15) is 10.2 Å². The number of anilines is 1. The summed E-state index contributed by atoms with van der Waals surface area (Å²) in [6, 6.07) is 3.17. The van der Waals surface area contributed by atoms with Gasteiger partial charge < -0.3 is 10.4 Å². The maximum absolute atomic E-state index is 11.8. The number of carboxylic acids is 1. The fourth-order valence-electron chi connectivity index (χ4n) is 1.75. The molecule has 0 radical (unpaired) electrons. The molecule has 0 unspecified atom stereocenters. The zero-order valence-electron chi connectivity index (χ0n) is 11.2. The van der Waals surface area contributed by atoms with E-state index < -0.39 is 5.97 Å². The minimum absolute atomic E-state index is 0.0346. The van der Waals surface area contributed by atoms with Crippen LogP contribution in [-0.2, 0) is 18.4 Å². The Balaban J connectivity index is 1.88. The van der Waals surface area contributed by atoms with E-state index >= 15 is 0 Å². The number of carbonyl (C=O) groups excluding carboxylic acids is 1. The lowest BCUT2D eigenvalue weighted by Crippen LogP contribution is -2.16. The standard InChI is InChI=1S/C12H15N5O3/c1-8-7-10(16(2)14-8)13-11(18)4-6-17-5-3-9(15-17)12(19)20/h3,5,7H,4,6H2,1-2H3,(H,13,18)(H,19,20). The van der Waals surface area contributed by atoms with Crippen molar-refractivity contribution in [1.29, 1.82) is 0 Å². The summed E-state index contributed by atoms with van der Waals surface area (Å²) in [6.07, 6.45) is 1.73. The number of aromatic carboxylic acids is 1. The van der Waals surface area contributed by atoms with E-state index in [0.717, 1.165) is 5.69 Å². The second-order valence-corrected chi connectivity index (χ2v) is 4.36. The monoisotopic (exact) mass is 277 g/mol. The van der Waals surface area contributed by atoms with Crippen molar-refractivity contribution in [3.05, 3.63) is 29.7 Å². The lowest BCUT2D eigenvalue weighted by Gasteiger charge is -2.05. The van der Waals surface area contributed by atoms with Crippen LogP contribution in [0.5, 0.6) is 0 Å². The molecular formula is C12H15N5O3. The molecule has 0 aliphatic rings. The molecule has 0 fully saturated rings. The van der Waals surface area contributed by atoms with Gasteiger partial charge in [-0.3, -0.25) is 14.2 Å². The highest BCUT2D eigenvalue weighted by atomic mass is 16.4. The maximum atomic E-state index is 11.8. The Hall–Kier alpha value is -2.64. The van der Waals surface area contributed by atoms with Crippen molar-refractivity contribution in [2.45, 2.75) is 19.9 Å². The van der Waals surface area contributed by atoms with Crippen molar-refractivity contribution in [2.75, 3.05) is 5.32 Å². The molecule has 2 N–H and O–H groups in total. The van der Waals surface area contributed by atoms with Crippen LogP contribution >= 0.6 is 0 Å². The predicted octanol–water partition coefficient (Wildman–Crippen LogP) is 0.652. The van der Waals surface area contributed by atoms with Gasteiger partial charge >= 0.3 is 5.97 Å². The first-order valence-corrected chi connectivity index (χ1v) is 6.03. The third-order valence-electron chi connectivity index (χ3n) is 2.70. The molecular weight excluding hydrogens is 262 g/mol. The summed E-state index contributed by atoms with van der Waals surface area (Å²) >= 11 is 0. The molecule has 20 heavy (non-hydrogen) atoms. The number of amides is 1. The highest BCUT2D eigenvalue weighted by Gasteiger charge is 2.09. The number of aromatic nitrogens is 4. The highest BCUT2D eigenvalue weighted by Crippen LogP contribution is 2.08. The van der Waals surface area contributed by atoms with Crippen LogP contribution in [0.1, 0.15) is 22.6 Å². The van der Waals surface area contributed by atoms with Gasteiger partial charge in [-0.1, -0.05) is 0 Å². The van der Waals surface area contributed by atoms with Crippen molar-refractivity contribution in [3.63, 3.8) is 0 Å². The molecule has 106 valence electrons. The third kappa shape index (κ3) is 3.22. The van der Waals surface area contributed by atoms with Crippen molar-refractivity contribution >= 4 is 17.7 Å². The van der Waals surface area contributed by atoms with E-state index in [4.69, 9.17) is 5.11 Å². The molecule has 0 bridgehead atoms. The Morgan fingerprint density at radius 2 is 2.15 bits per heavy atom. The molecule has 8 heteroatoms. The Bertz CT molecular complexity index is 643. The Morgan fingerprint density at radius 3 is 2.70 bits per heavy atom. The number of carboxylic acid groups (broad SMARTS) is 1. The van der Waals surface area contributed by atoms with Crippen LogP contribution in [-0.4, -0.2) is 36.5 Å². The van der Waals surface area contributed by atoms with Crippen molar-refractivity contribution < 1.29 is 14.7 Å². The fourth-order valence-corrected chi connectivity index (χ4v) is 1.75. The highest BCUT2D eigenvalue weighted by molar-refractivity contribution is 5.89. The number of hydrogen-bond acceptors (Lipinski definition) is 4. The van der Waals surface area contributed by atoms with Gasteiger partial charge in [-0.05, 0) is 13.0 Å². The van der Waals surface area contributed by atoms with E-state index in [-0.39, 0.29) is 18.0 Å². The smallest absolute Gasteiger partial charge is 0.356 e. The number of aryl methyl sites for hydroxylation is 3. The van der Waals surface area contributed by atoms with E-state index in [0.29, 0.717) is 12.4 Å². The summed E-state index contributed by atoms with van der Waals surface area (Å²) in [5.74, 6) is -0.641. The summed E-state index contributed by atoms with van der Waals surface area (Å²) < 4.78 is 3.02. The maximum Gasteiger partial charge on any atom is 0.356 e. The quantitative estimate of drug-likeness (QED) is 0.835. The van der Waals surface area contributed by atoms with Crippen LogP contribution in [0.25, 0.3) is 0 Å². The second-order valence-electron chi connectivity index (χ2n) is 4.36. The fraction of sp³-hybridized carbons (Fsp3) is 0.333. The topological polar surface area (TPSA) is 102 Å². The summed E-state index contributed by atoms with van der Waals surface area (Å²) in [4.78, 5) is 22.4. The van der Waals surface area contributed by atoms with Crippen molar-refractivity contribution in [1.82, 2.24) is 19.6 Å². The van der Waals surface area contributed by atoms with Gasteiger partial charge in [-0.25, -0.2) is 4.79 Å². The molecule has 0 aliphatic heterocycles. The normalized spacial score (nSPS) is 10.5. The van der Waals surface area contributed by atoms with Crippen LogP contribution in [0.3, 0.4) is 0 Å². The zero-order valence-corrected chi connectivity index (χ0v) is 11.2. The van der Waals surface area contributed by atoms with Gasteiger partial charge in [0.15, 0.2) is 5.69 Å². The first kappa shape index (κ1) is 13.8. The molecule has 2 aromatic heterocycles. The number of nitrogens with zero attached hydrogens (tertiary/aromatic N) is 4. The van der Waals surface area contributed by atoms with Gasteiger partial charge in [0.25, 0.3) is 0 Å². The van der Waals surface area contributed by atoms with Gasteiger partial charge in [0.1, 0.15) is 5.82 Å². The van der Waals surface area contributed by atoms with E-state index in [1.807, 2.05) is 6.92 Å². The molecule has 0 atom stereocenters. The Morgan fingerprint density at radius 1 is 1.40 bits per heavy atom. The van der Waals surface area contributed by atoms with Crippen LogP contribution in [0, 0.1) is 6.92 Å². The predicted molar refractivity (Wildman–Crippen MR) is 70.4 cm³/mol. The van der Waals surface area contributed by atoms with Crippen molar-refractivity contribution in [3.8, 4) is 0 Å². The van der Waals surface area contributed by atoms with Crippen LogP contribution in [0.15, 0.2) is 18.3 Å². The van der Waals surface area contributed by atoms with E-state index in [9.17, 15) is 9.59 Å². The van der Waals surface area contributed by atoms with E-state index in [1.165, 1.54) is 16.9 Å². The summed E-state index contributed by atoms with van der Waals surface area (Å²) in [5, 5.41) is 19.4. The molecule has 2 rings (SSSR count). The number of nitrogens with one attached hydrogen (secondary N) is 1. The summed E-state index contributed by atoms with van der Waals surface area (Å²) in [5.41, 5.74) is 0.786. The van der Waals surface area contributed by atoms with Gasteiger partial charge in [0.2, 0.25) is 5.91 Å². The average molecular weight is 277 g/mol. The first-order chi connectivity index (χ1) is 9.45. The second kappa shape index (κ2) is 5.55. The number of rotatable bonds is 5. The molecule has 1 amide bonds. The van der Waals surface area contributed by atoms with Crippen LogP contribution in [0.4, 0.5) is 5.82 Å². The summed E-state index contributed by atoms with van der Waals surface area (Å²) in [6.45, 7) is 2.16. The molecule has 2 heterocycles. The lowest BCUT2D eigenvalue weighted by atomic mass is 10.4. The average Bonchev–Trinajstić information content (AvgIpc) is 2.94. The number of carbonyl (C=O) groups is 2. The largest absolute Gasteiger partial charge is 0.476 e. The minimum atomic E-state index is -1.08. The van der Waals surface area contributed by atoms with Crippen LogP contribution in [0.2, 0.25) is 0 Å². The molecule has 0 saturated carbocycles. The third-order valence-corrected chi connectivity index (χ3v) is 2.70. The van der Waals surface area contributed by atoms with Gasteiger partial charge in [-0.15, -0.1) is 0 Å². The first-order valence-electron chi connectivity index (χ1n) is 6.03. The summed E-state index contributed by atoms with van der Waals surface area (Å²) in [7, 11) is 1.75. The Kier molecular flexibility index (Phi) is 3.83. The molecule has 8 nitrogen and oxygen atoms in total. The zero-order chi connectivity index (χ0) is 14.7. The SMILES string of the molecule is Cc1cc(NC(=O)CCn2ccc(C(=O)O)n2)n(C)n1. The molecule has 0 saturated heterocycles. The van der Waals surface area contributed by atoms with Gasteiger partial charge in [0, 0.05) is 32.3 Å². The van der Waals surface area contributed by atoms with Gasteiger partial charge in [0.05, 0.1) is 5.69 Å². The minimum Gasteiger partial charge on any atom is -0.476 e. The van der Waals surface area contributed by atoms with E-state index in [1.54, 1.807) is 17.8 Å². The Labute approximate surface area is 115 Å². The molecule has 0 aromatic carbocycles. The van der Waals surface area contributed by atoms with Crippen LogP contribution < -0.4 is 5.32 Å².